The fraction of sp³-hybridized carbons (Fsp3) is 0.500. The number of benzene rings is 2. The summed E-state index contributed by atoms with van der Waals surface area (Å²) in [6.45, 7) is 9.63. The number of rotatable bonds is 13. The molecule has 0 amide bonds. The molecule has 5 nitrogen and oxygen atoms in total. The van der Waals surface area contributed by atoms with Crippen LogP contribution < -0.4 is 9.04 Å². The lowest BCUT2D eigenvalue weighted by molar-refractivity contribution is 0.227. The quantitative estimate of drug-likeness (QED) is 0.348. The fourth-order valence-corrected chi connectivity index (χ4v) is 4.72. The molecule has 0 radical (unpaired) electrons. The second-order valence-corrected chi connectivity index (χ2v) is 10.3. The molecule has 0 unspecified atom stereocenters. The van der Waals surface area contributed by atoms with Crippen LogP contribution in [-0.2, 0) is 10.0 Å². The van der Waals surface area contributed by atoms with Crippen molar-refractivity contribution >= 4 is 27.3 Å². The zero-order chi connectivity index (χ0) is 22.9. The summed E-state index contributed by atoms with van der Waals surface area (Å²) >= 11 is 5.86. The van der Waals surface area contributed by atoms with Gasteiger partial charge >= 0.3 is 0 Å². The van der Waals surface area contributed by atoms with Crippen LogP contribution in [0.4, 0.5) is 5.69 Å². The number of hydrogen-bond donors (Lipinski definition) is 0. The predicted octanol–water partition coefficient (Wildman–Crippen LogP) is 5.83. The van der Waals surface area contributed by atoms with Gasteiger partial charge in [0.05, 0.1) is 17.2 Å². The molecule has 0 aromatic heterocycles. The molecule has 2 aromatic carbocycles. The minimum Gasteiger partial charge on any atom is -0.494 e. The Morgan fingerprint density at radius 2 is 1.55 bits per heavy atom. The highest BCUT2D eigenvalue weighted by atomic mass is 35.5. The van der Waals surface area contributed by atoms with Crippen LogP contribution in [0.25, 0.3) is 0 Å². The molecule has 0 aliphatic heterocycles. The van der Waals surface area contributed by atoms with Crippen molar-refractivity contribution in [3.8, 4) is 5.75 Å². The Kier molecular flexibility index (Phi) is 10.1. The molecule has 0 heterocycles. The third-order valence-electron chi connectivity index (χ3n) is 5.42. The van der Waals surface area contributed by atoms with E-state index in [2.05, 4.69) is 25.7 Å². The van der Waals surface area contributed by atoms with E-state index in [0.717, 1.165) is 31.7 Å². The minimum atomic E-state index is -3.63. The Morgan fingerprint density at radius 3 is 2.13 bits per heavy atom. The SMILES string of the molecule is CCN(CCCCCCOc1ccc(N(C)S(=O)(=O)c2ccc(Cl)cc2)cc1)C(C)C. The third-order valence-corrected chi connectivity index (χ3v) is 7.47. The van der Waals surface area contributed by atoms with Crippen LogP contribution in [0, 0.1) is 0 Å². The number of hydrogen-bond acceptors (Lipinski definition) is 4. The standard InChI is InChI=1S/C24H35ClN2O3S/c1-5-27(20(2)3)18-8-6-7-9-19-30-23-14-12-22(13-15-23)26(4)31(28,29)24-16-10-21(25)11-17-24/h10-17,20H,5-9,18-19H2,1-4H3. The molecular formula is C24H35ClN2O3S. The van der Waals surface area contributed by atoms with Crippen LogP contribution in [0.2, 0.25) is 5.02 Å². The number of sulfonamides is 1. The number of nitrogens with zero attached hydrogens (tertiary/aromatic N) is 2. The van der Waals surface area contributed by atoms with E-state index in [0.29, 0.717) is 23.4 Å². The topological polar surface area (TPSA) is 49.9 Å². The molecule has 0 spiro atoms. The number of unbranched alkanes of at least 4 members (excludes halogenated alkanes) is 3. The second kappa shape index (κ2) is 12.3. The molecule has 0 fully saturated rings. The monoisotopic (exact) mass is 466 g/mol. The molecule has 0 aliphatic carbocycles. The highest BCUT2D eigenvalue weighted by Gasteiger charge is 2.21. The zero-order valence-electron chi connectivity index (χ0n) is 19.1. The van der Waals surface area contributed by atoms with Gasteiger partial charge in [-0.05, 0) is 88.3 Å². The lowest BCUT2D eigenvalue weighted by Crippen LogP contribution is -2.31. The molecule has 0 saturated heterocycles. The Labute approximate surface area is 193 Å². The van der Waals surface area contributed by atoms with Gasteiger partial charge in [-0.25, -0.2) is 8.42 Å². The maximum absolute atomic E-state index is 12.8. The van der Waals surface area contributed by atoms with Gasteiger partial charge in [0.1, 0.15) is 5.75 Å². The van der Waals surface area contributed by atoms with Gasteiger partial charge in [0.15, 0.2) is 0 Å². The van der Waals surface area contributed by atoms with Gasteiger partial charge in [-0.3, -0.25) is 4.31 Å². The van der Waals surface area contributed by atoms with Crippen molar-refractivity contribution in [2.45, 2.75) is 57.4 Å². The van der Waals surface area contributed by atoms with Gasteiger partial charge in [-0.15, -0.1) is 0 Å². The Hall–Kier alpha value is -1.76. The molecule has 0 N–H and O–H groups in total. The lowest BCUT2D eigenvalue weighted by Gasteiger charge is -2.24. The van der Waals surface area contributed by atoms with Crippen molar-refractivity contribution in [1.82, 2.24) is 4.90 Å². The average molecular weight is 467 g/mol. The summed E-state index contributed by atoms with van der Waals surface area (Å²) < 4.78 is 32.6. The Bertz CT molecular complexity index is 884. The van der Waals surface area contributed by atoms with E-state index in [1.54, 1.807) is 31.3 Å². The molecule has 0 aliphatic rings. The van der Waals surface area contributed by atoms with Crippen LogP contribution in [0.15, 0.2) is 53.4 Å². The van der Waals surface area contributed by atoms with Gasteiger partial charge in [0.2, 0.25) is 0 Å². The highest BCUT2D eigenvalue weighted by molar-refractivity contribution is 7.92. The molecule has 7 heteroatoms. The fourth-order valence-electron chi connectivity index (χ4n) is 3.40. The summed E-state index contributed by atoms with van der Waals surface area (Å²) in [5.41, 5.74) is 0.577. The average Bonchev–Trinajstić information content (AvgIpc) is 2.75. The van der Waals surface area contributed by atoms with Crippen LogP contribution in [0.5, 0.6) is 5.75 Å². The Morgan fingerprint density at radius 1 is 0.935 bits per heavy atom. The molecule has 0 atom stereocenters. The van der Waals surface area contributed by atoms with Crippen LogP contribution in [0.3, 0.4) is 0 Å². The van der Waals surface area contributed by atoms with Crippen LogP contribution >= 0.6 is 11.6 Å². The smallest absolute Gasteiger partial charge is 0.264 e. The van der Waals surface area contributed by atoms with E-state index in [1.165, 1.54) is 29.3 Å². The third kappa shape index (κ3) is 7.70. The maximum atomic E-state index is 12.8. The first-order valence-electron chi connectivity index (χ1n) is 11.0. The highest BCUT2D eigenvalue weighted by Crippen LogP contribution is 2.25. The molecule has 0 bridgehead atoms. The molecule has 0 saturated carbocycles. The first-order chi connectivity index (χ1) is 14.8. The molecule has 172 valence electrons. The van der Waals surface area contributed by atoms with Crippen molar-refractivity contribution in [2.24, 2.45) is 0 Å². The molecule has 31 heavy (non-hydrogen) atoms. The summed E-state index contributed by atoms with van der Waals surface area (Å²) in [7, 11) is -2.09. The van der Waals surface area contributed by atoms with Gasteiger partial charge < -0.3 is 9.64 Å². The van der Waals surface area contributed by atoms with Crippen LogP contribution in [-0.4, -0.2) is 46.1 Å². The van der Waals surface area contributed by atoms with E-state index in [9.17, 15) is 8.42 Å². The molecular weight excluding hydrogens is 432 g/mol. The molecule has 2 rings (SSSR count). The lowest BCUT2D eigenvalue weighted by atomic mass is 10.2. The summed E-state index contributed by atoms with van der Waals surface area (Å²) in [4.78, 5) is 2.69. The van der Waals surface area contributed by atoms with E-state index < -0.39 is 10.0 Å². The van der Waals surface area contributed by atoms with Crippen molar-refractivity contribution < 1.29 is 13.2 Å². The van der Waals surface area contributed by atoms with Gasteiger partial charge in [-0.1, -0.05) is 31.4 Å². The summed E-state index contributed by atoms with van der Waals surface area (Å²) in [5.74, 6) is 0.748. The predicted molar refractivity (Wildman–Crippen MR) is 130 cm³/mol. The first-order valence-corrected chi connectivity index (χ1v) is 12.8. The van der Waals surface area contributed by atoms with Crippen molar-refractivity contribution in [2.75, 3.05) is 31.0 Å². The van der Waals surface area contributed by atoms with Gasteiger partial charge in [0.25, 0.3) is 10.0 Å². The maximum Gasteiger partial charge on any atom is 0.264 e. The van der Waals surface area contributed by atoms with Crippen LogP contribution in [0.1, 0.15) is 46.5 Å². The van der Waals surface area contributed by atoms with Gasteiger partial charge in [-0.2, -0.15) is 0 Å². The second-order valence-electron chi connectivity index (χ2n) is 7.91. The first kappa shape index (κ1) is 25.5. The minimum absolute atomic E-state index is 0.204. The zero-order valence-corrected chi connectivity index (χ0v) is 20.6. The number of halogens is 1. The summed E-state index contributed by atoms with van der Waals surface area (Å²) in [5, 5.41) is 0.501. The summed E-state index contributed by atoms with van der Waals surface area (Å²) in [6, 6.07) is 13.9. The van der Waals surface area contributed by atoms with E-state index >= 15 is 0 Å². The van der Waals surface area contributed by atoms with Crippen molar-refractivity contribution in [3.05, 3.63) is 53.6 Å². The van der Waals surface area contributed by atoms with Crippen molar-refractivity contribution in [3.63, 3.8) is 0 Å². The van der Waals surface area contributed by atoms with Crippen molar-refractivity contribution in [1.29, 1.82) is 0 Å². The van der Waals surface area contributed by atoms with E-state index in [1.807, 2.05) is 12.1 Å². The normalized spacial score (nSPS) is 11.8. The van der Waals surface area contributed by atoms with E-state index in [4.69, 9.17) is 16.3 Å². The largest absolute Gasteiger partial charge is 0.494 e. The number of anilines is 1. The number of ether oxygens (including phenoxy) is 1. The molecule has 2 aromatic rings. The summed E-state index contributed by atoms with van der Waals surface area (Å²) in [6.07, 6.45) is 4.59. The Balaban J connectivity index is 1.77. The van der Waals surface area contributed by atoms with E-state index in [-0.39, 0.29) is 4.90 Å². The van der Waals surface area contributed by atoms with Gasteiger partial charge in [0, 0.05) is 18.1 Å².